The lowest BCUT2D eigenvalue weighted by Crippen LogP contribution is -2.09. The first kappa shape index (κ1) is 35.7. The first-order valence-corrected chi connectivity index (χ1v) is 21.3. The Bertz CT molecular complexity index is 3550. The van der Waals surface area contributed by atoms with Crippen LogP contribution in [0.15, 0.2) is 243 Å². The summed E-state index contributed by atoms with van der Waals surface area (Å²) >= 11 is 0. The van der Waals surface area contributed by atoms with E-state index in [1.807, 2.05) is 0 Å². The van der Waals surface area contributed by atoms with Crippen molar-refractivity contribution < 1.29 is 0 Å². The molecule has 12 rings (SSSR count). The maximum Gasteiger partial charge on any atom is 0.0541 e. The molecular weight excluding hydrogens is 749 g/mol. The van der Waals surface area contributed by atoms with E-state index in [9.17, 15) is 0 Å². The second kappa shape index (κ2) is 14.8. The minimum absolute atomic E-state index is 1.11. The van der Waals surface area contributed by atoms with Gasteiger partial charge in [-0.2, -0.15) is 0 Å². The predicted molar refractivity (Wildman–Crippen MR) is 264 cm³/mol. The van der Waals surface area contributed by atoms with Crippen LogP contribution in [-0.4, -0.2) is 4.57 Å². The van der Waals surface area contributed by atoms with E-state index < -0.39 is 0 Å². The summed E-state index contributed by atoms with van der Waals surface area (Å²) in [6.07, 6.45) is 0. The van der Waals surface area contributed by atoms with Gasteiger partial charge in [-0.3, -0.25) is 0 Å². The molecule has 0 N–H and O–H groups in total. The van der Waals surface area contributed by atoms with Gasteiger partial charge in [-0.15, -0.1) is 0 Å². The summed E-state index contributed by atoms with van der Waals surface area (Å²) < 4.78 is 2.45. The van der Waals surface area contributed by atoms with Crippen LogP contribution in [0.5, 0.6) is 0 Å². The van der Waals surface area contributed by atoms with E-state index in [-0.39, 0.29) is 0 Å². The third kappa shape index (κ3) is 6.04. The number of hydrogen-bond donors (Lipinski definition) is 0. The molecule has 1 heterocycles. The molecule has 0 spiro atoms. The lowest BCUT2D eigenvalue weighted by molar-refractivity contribution is 1.19. The van der Waals surface area contributed by atoms with E-state index >= 15 is 0 Å². The molecule has 12 aromatic rings. The van der Waals surface area contributed by atoms with Gasteiger partial charge in [-0.05, 0) is 138 Å². The molecule has 0 aliphatic heterocycles. The molecule has 2 heteroatoms. The van der Waals surface area contributed by atoms with E-state index in [1.165, 1.54) is 87.5 Å². The summed E-state index contributed by atoms with van der Waals surface area (Å²) in [5.41, 5.74) is 14.1. The summed E-state index contributed by atoms with van der Waals surface area (Å²) in [5.74, 6) is 0. The van der Waals surface area contributed by atoms with Gasteiger partial charge in [0.15, 0.2) is 0 Å². The Morgan fingerprint density at radius 3 is 1.08 bits per heavy atom. The average Bonchev–Trinajstić information content (AvgIpc) is 3.68. The Kier molecular flexibility index (Phi) is 8.53. The highest BCUT2D eigenvalue weighted by Crippen LogP contribution is 2.42. The molecule has 0 unspecified atom stereocenters. The summed E-state index contributed by atoms with van der Waals surface area (Å²) in [7, 11) is 0. The van der Waals surface area contributed by atoms with Crippen molar-refractivity contribution in [2.45, 2.75) is 0 Å². The largest absolute Gasteiger partial charge is 0.311 e. The molecule has 0 fully saturated rings. The number of nitrogens with zero attached hydrogens (tertiary/aromatic N) is 2. The van der Waals surface area contributed by atoms with Crippen LogP contribution < -0.4 is 4.90 Å². The standard InChI is InChI=1S/C60H40N2/c1-4-14-41(15-5-1)43-24-30-48(31-25-43)61(47-18-8-3-9-19-47)49-32-26-44(27-33-49)46-29-37-60-58(39-46)57-38-45(42-16-6-2-7-17-42)28-36-59(57)62(60)50-34-35-55-53-22-11-10-20-51(53)52-21-12-13-23-54(52)56(55)40-50/h1-40H. The Hall–Kier alpha value is -8.20. The van der Waals surface area contributed by atoms with Crippen molar-refractivity contribution in [1.29, 1.82) is 0 Å². The second-order valence-corrected chi connectivity index (χ2v) is 16.1. The summed E-state index contributed by atoms with van der Waals surface area (Å²) in [4.78, 5) is 2.33. The Morgan fingerprint density at radius 1 is 0.226 bits per heavy atom. The molecule has 0 saturated heterocycles. The number of rotatable bonds is 7. The molecule has 0 aliphatic rings. The normalized spacial score (nSPS) is 11.5. The minimum Gasteiger partial charge on any atom is -0.311 e. The highest BCUT2D eigenvalue weighted by atomic mass is 15.1. The summed E-state index contributed by atoms with van der Waals surface area (Å²) in [5, 5.41) is 10.1. The number of benzene rings is 11. The maximum absolute atomic E-state index is 2.45. The first-order valence-electron chi connectivity index (χ1n) is 21.3. The van der Waals surface area contributed by atoms with Gasteiger partial charge in [0, 0.05) is 33.5 Å². The SMILES string of the molecule is c1ccc(-c2ccc(N(c3ccccc3)c3ccc(-c4ccc5c(c4)c4cc(-c6ccccc6)ccc4n5-c4ccc5c6ccccc6c6ccccc6c5c4)cc3)cc2)cc1. The molecule has 290 valence electrons. The van der Waals surface area contributed by atoms with Gasteiger partial charge in [-0.25, -0.2) is 0 Å². The summed E-state index contributed by atoms with van der Waals surface area (Å²) in [6, 6.07) is 88.4. The topological polar surface area (TPSA) is 8.17 Å². The molecule has 11 aromatic carbocycles. The molecule has 2 nitrogen and oxygen atoms in total. The number of fused-ring (bicyclic) bond motifs is 9. The summed E-state index contributed by atoms with van der Waals surface area (Å²) in [6.45, 7) is 0. The zero-order valence-corrected chi connectivity index (χ0v) is 34.0. The van der Waals surface area contributed by atoms with E-state index in [2.05, 4.69) is 252 Å². The first-order chi connectivity index (χ1) is 30.7. The fraction of sp³-hybridized carbons (Fsp3) is 0. The van der Waals surface area contributed by atoms with Crippen LogP contribution >= 0.6 is 0 Å². The van der Waals surface area contributed by atoms with Gasteiger partial charge in [0.05, 0.1) is 11.0 Å². The molecule has 0 saturated carbocycles. The molecular formula is C60H40N2. The predicted octanol–water partition coefficient (Wildman–Crippen LogP) is 16.7. The van der Waals surface area contributed by atoms with Crippen LogP contribution in [0.25, 0.3) is 93.2 Å². The van der Waals surface area contributed by atoms with E-state index in [1.54, 1.807) is 0 Å². The second-order valence-electron chi connectivity index (χ2n) is 16.1. The van der Waals surface area contributed by atoms with Crippen LogP contribution in [0, 0.1) is 0 Å². The monoisotopic (exact) mass is 788 g/mol. The van der Waals surface area contributed by atoms with Crippen LogP contribution in [0.1, 0.15) is 0 Å². The van der Waals surface area contributed by atoms with Crippen molar-refractivity contribution in [1.82, 2.24) is 4.57 Å². The average molecular weight is 789 g/mol. The van der Waals surface area contributed by atoms with Crippen LogP contribution in [0.4, 0.5) is 17.1 Å². The third-order valence-electron chi connectivity index (χ3n) is 12.6. The Morgan fingerprint density at radius 2 is 0.581 bits per heavy atom. The van der Waals surface area contributed by atoms with Crippen molar-refractivity contribution in [3.05, 3.63) is 243 Å². The van der Waals surface area contributed by atoms with Crippen molar-refractivity contribution in [2.75, 3.05) is 4.90 Å². The van der Waals surface area contributed by atoms with Gasteiger partial charge in [-0.1, -0.05) is 170 Å². The zero-order valence-electron chi connectivity index (χ0n) is 34.0. The fourth-order valence-electron chi connectivity index (χ4n) is 9.59. The third-order valence-corrected chi connectivity index (χ3v) is 12.6. The molecule has 0 bridgehead atoms. The van der Waals surface area contributed by atoms with Crippen LogP contribution in [-0.2, 0) is 0 Å². The van der Waals surface area contributed by atoms with Gasteiger partial charge < -0.3 is 9.47 Å². The van der Waals surface area contributed by atoms with Gasteiger partial charge in [0.2, 0.25) is 0 Å². The van der Waals surface area contributed by atoms with E-state index in [4.69, 9.17) is 0 Å². The quantitative estimate of drug-likeness (QED) is 0.146. The van der Waals surface area contributed by atoms with Crippen molar-refractivity contribution >= 4 is 71.2 Å². The number of anilines is 3. The molecule has 1 aromatic heterocycles. The smallest absolute Gasteiger partial charge is 0.0541 e. The van der Waals surface area contributed by atoms with Crippen molar-refractivity contribution in [2.24, 2.45) is 0 Å². The van der Waals surface area contributed by atoms with Crippen LogP contribution in [0.3, 0.4) is 0 Å². The highest BCUT2D eigenvalue weighted by molar-refractivity contribution is 6.25. The van der Waals surface area contributed by atoms with Crippen molar-refractivity contribution in [3.63, 3.8) is 0 Å². The molecule has 0 aliphatic carbocycles. The number of hydrogen-bond acceptors (Lipinski definition) is 1. The molecule has 0 amide bonds. The Labute approximate surface area is 360 Å². The van der Waals surface area contributed by atoms with Crippen LogP contribution in [0.2, 0.25) is 0 Å². The molecule has 0 radical (unpaired) electrons. The van der Waals surface area contributed by atoms with E-state index in [0.717, 1.165) is 22.7 Å². The Balaban J connectivity index is 0.990. The van der Waals surface area contributed by atoms with Gasteiger partial charge in [0.25, 0.3) is 0 Å². The number of aromatic nitrogens is 1. The van der Waals surface area contributed by atoms with E-state index in [0.29, 0.717) is 0 Å². The lowest BCUT2D eigenvalue weighted by Gasteiger charge is -2.26. The number of para-hydroxylation sites is 1. The van der Waals surface area contributed by atoms with Gasteiger partial charge >= 0.3 is 0 Å². The lowest BCUT2D eigenvalue weighted by atomic mass is 9.94. The fourth-order valence-corrected chi connectivity index (χ4v) is 9.59. The zero-order chi connectivity index (χ0) is 41.0. The highest BCUT2D eigenvalue weighted by Gasteiger charge is 2.18. The molecule has 0 atom stereocenters. The maximum atomic E-state index is 2.45. The molecule has 62 heavy (non-hydrogen) atoms. The van der Waals surface area contributed by atoms with Gasteiger partial charge in [0.1, 0.15) is 0 Å². The minimum atomic E-state index is 1.11. The van der Waals surface area contributed by atoms with Crippen molar-refractivity contribution in [3.8, 4) is 39.1 Å².